The number of nitrogens with zero attached hydrogens (tertiary/aromatic N) is 3. The van der Waals surface area contributed by atoms with Crippen LogP contribution in [0.3, 0.4) is 0 Å². The van der Waals surface area contributed by atoms with E-state index < -0.39 is 31.5 Å². The molecule has 2 amide bonds. The maximum absolute atomic E-state index is 14.8. The first-order valence-electron chi connectivity index (χ1n) is 17.0. The van der Waals surface area contributed by atoms with Crippen LogP contribution in [-0.2, 0) is 36.0 Å². The summed E-state index contributed by atoms with van der Waals surface area (Å²) in [5.74, 6) is -1.30. The number of hydrogen-bond acceptors (Lipinski definition) is 9. The van der Waals surface area contributed by atoms with Crippen LogP contribution in [0.1, 0.15) is 43.7 Å². The monoisotopic (exact) mass is 705 g/mol. The van der Waals surface area contributed by atoms with E-state index in [1.54, 1.807) is 59.4 Å². The first-order chi connectivity index (χ1) is 23.9. The van der Waals surface area contributed by atoms with E-state index in [2.05, 4.69) is 0 Å². The van der Waals surface area contributed by atoms with Crippen molar-refractivity contribution < 1.29 is 38.5 Å². The van der Waals surface area contributed by atoms with Crippen LogP contribution in [-0.4, -0.2) is 85.5 Å². The van der Waals surface area contributed by atoms with Crippen LogP contribution < -0.4 is 15.2 Å². The molecule has 0 saturated carbocycles. The minimum Gasteiger partial charge on any atom is -0.491 e. The van der Waals surface area contributed by atoms with Gasteiger partial charge in [-0.2, -0.15) is 0 Å². The summed E-state index contributed by atoms with van der Waals surface area (Å²) in [6.07, 6.45) is 1.95. The van der Waals surface area contributed by atoms with Gasteiger partial charge in [-0.3, -0.25) is 23.7 Å². The van der Waals surface area contributed by atoms with E-state index in [4.69, 9.17) is 14.2 Å². The number of methoxy groups -OCH3 is 2. The zero-order chi connectivity index (χ0) is 36.2. The average Bonchev–Trinajstić information content (AvgIpc) is 3.52. The normalized spacial score (nSPS) is 21.4. The van der Waals surface area contributed by atoms with E-state index in [0.29, 0.717) is 36.3 Å². The molecule has 2 N–H and O–H groups in total. The number of carbonyl (C=O) groups excluding carboxylic acids is 3. The van der Waals surface area contributed by atoms with Gasteiger partial charge in [-0.25, -0.2) is 0 Å². The van der Waals surface area contributed by atoms with Crippen LogP contribution in [0.4, 0.5) is 5.69 Å². The Morgan fingerprint density at radius 3 is 2.44 bits per heavy atom. The summed E-state index contributed by atoms with van der Waals surface area (Å²) in [5, 5.41) is 9.83. The number of aliphatic hydroxyl groups is 1. The highest BCUT2D eigenvalue weighted by Crippen LogP contribution is 2.60. The third-order valence-corrected chi connectivity index (χ3v) is 12.4. The van der Waals surface area contributed by atoms with Crippen molar-refractivity contribution in [2.75, 3.05) is 38.8 Å². The van der Waals surface area contributed by atoms with Crippen molar-refractivity contribution in [2.24, 2.45) is 5.92 Å². The number of unbranched alkanes of at least 4 members (excludes halogenated alkanes) is 1. The van der Waals surface area contributed by atoms with Gasteiger partial charge in [0.2, 0.25) is 5.91 Å². The molecule has 3 heterocycles. The van der Waals surface area contributed by atoms with Crippen molar-refractivity contribution in [1.82, 2.24) is 9.47 Å². The summed E-state index contributed by atoms with van der Waals surface area (Å²) >= 11 is 0. The molecular formula is C37H47N3O9Si. The van der Waals surface area contributed by atoms with E-state index in [9.17, 15) is 29.1 Å². The molecular weight excluding hydrogens is 659 g/mol. The Hall–Kier alpha value is -4.30. The maximum atomic E-state index is 14.8. The van der Waals surface area contributed by atoms with Crippen molar-refractivity contribution in [3.8, 4) is 11.4 Å². The molecule has 1 fully saturated rings. The number of fused-ring (bicyclic) bond motifs is 2. The predicted octanol–water partition coefficient (Wildman–Crippen LogP) is 3.75. The minimum atomic E-state index is -3.10. The number of rotatable bonds is 14. The van der Waals surface area contributed by atoms with Crippen molar-refractivity contribution >= 4 is 31.8 Å². The SMILES string of the molecule is COC(=O)CCCCN1C(=O)[C@]2(O[C@H](CC(=O)N(CCO)Cc3ccccc3)[C@@H]([Si](C)(C)O)[C@@H]2C)c2cc(-n3cccc(OC)c3=O)ccc21. The largest absolute Gasteiger partial charge is 0.491 e. The van der Waals surface area contributed by atoms with Crippen LogP contribution in [0.15, 0.2) is 71.7 Å². The molecule has 268 valence electrons. The number of amides is 2. The Balaban J connectivity index is 1.56. The second-order valence-corrected chi connectivity index (χ2v) is 17.5. The lowest BCUT2D eigenvalue weighted by Gasteiger charge is -2.32. The van der Waals surface area contributed by atoms with Crippen molar-refractivity contribution in [1.29, 1.82) is 0 Å². The van der Waals surface area contributed by atoms with Gasteiger partial charge in [0.25, 0.3) is 11.5 Å². The molecule has 1 spiro atoms. The molecule has 13 heteroatoms. The molecule has 4 atom stereocenters. The standard InChI is InChI=1S/C37H47N3O9Si/c1-25-34(50(4,5)46)31(23-32(42)38(20-21-41)24-26-12-7-6-8-13-26)49-37(25)28-22-27(39-19-11-14-30(47-2)35(39)44)16-17-29(28)40(36(37)45)18-10-9-15-33(43)48-3/h6-8,11-14,16-17,19,22,25,31,34,41,46H,9-10,15,18,20-21,23-24H2,1-5H3/t25-,31+,34-,37+/m0/s1. The van der Waals surface area contributed by atoms with Crippen molar-refractivity contribution in [2.45, 2.75) is 69.5 Å². The molecule has 3 aromatic rings. The first-order valence-corrected chi connectivity index (χ1v) is 20.0. The van der Waals surface area contributed by atoms with E-state index in [1.165, 1.54) is 18.8 Å². The number of benzene rings is 2. The van der Waals surface area contributed by atoms with E-state index in [0.717, 1.165) is 5.56 Å². The summed E-state index contributed by atoms with van der Waals surface area (Å²) in [6, 6.07) is 18.1. The zero-order valence-electron chi connectivity index (χ0n) is 29.3. The smallest absolute Gasteiger partial charge is 0.305 e. The molecule has 0 bridgehead atoms. The van der Waals surface area contributed by atoms with E-state index >= 15 is 0 Å². The minimum absolute atomic E-state index is 0.0998. The van der Waals surface area contributed by atoms with Gasteiger partial charge in [0.1, 0.15) is 0 Å². The number of aromatic nitrogens is 1. The zero-order valence-corrected chi connectivity index (χ0v) is 30.3. The van der Waals surface area contributed by atoms with Crippen LogP contribution in [0, 0.1) is 5.92 Å². The number of esters is 1. The number of aliphatic hydroxyl groups excluding tert-OH is 1. The van der Waals surface area contributed by atoms with Crippen LogP contribution >= 0.6 is 0 Å². The summed E-state index contributed by atoms with van der Waals surface area (Å²) in [7, 11) is -0.335. The van der Waals surface area contributed by atoms with E-state index in [1.807, 2.05) is 37.3 Å². The molecule has 0 unspecified atom stereocenters. The summed E-state index contributed by atoms with van der Waals surface area (Å²) < 4.78 is 18.4. The van der Waals surface area contributed by atoms with Gasteiger partial charge in [0, 0.05) is 55.0 Å². The van der Waals surface area contributed by atoms with Gasteiger partial charge in [-0.15, -0.1) is 0 Å². The molecule has 0 aliphatic carbocycles. The summed E-state index contributed by atoms with van der Waals surface area (Å²) in [6.45, 7) is 5.96. The average molecular weight is 706 g/mol. The Kier molecular flexibility index (Phi) is 11.3. The van der Waals surface area contributed by atoms with Gasteiger partial charge < -0.3 is 33.9 Å². The fraction of sp³-hybridized carbons (Fsp3) is 0.459. The van der Waals surface area contributed by atoms with Gasteiger partial charge in [-0.1, -0.05) is 37.3 Å². The van der Waals surface area contributed by atoms with Crippen LogP contribution in [0.5, 0.6) is 5.75 Å². The Labute approximate surface area is 293 Å². The predicted molar refractivity (Wildman–Crippen MR) is 190 cm³/mol. The lowest BCUT2D eigenvalue weighted by molar-refractivity contribution is -0.150. The number of carbonyl (C=O) groups is 3. The quantitative estimate of drug-likeness (QED) is 0.145. The molecule has 50 heavy (non-hydrogen) atoms. The number of anilines is 1. The van der Waals surface area contributed by atoms with Crippen LogP contribution in [0.25, 0.3) is 5.69 Å². The number of ether oxygens (including phenoxy) is 3. The molecule has 2 aliphatic rings. The molecule has 2 aliphatic heterocycles. The summed E-state index contributed by atoms with van der Waals surface area (Å²) in [5.41, 5.74) is 0.109. The van der Waals surface area contributed by atoms with Gasteiger partial charge in [-0.05, 0) is 61.8 Å². The van der Waals surface area contributed by atoms with Crippen molar-refractivity contribution in [3.05, 3.63) is 88.3 Å². The van der Waals surface area contributed by atoms with Crippen LogP contribution in [0.2, 0.25) is 18.6 Å². The molecule has 0 radical (unpaired) electrons. The first kappa shape index (κ1) is 37.0. The fourth-order valence-electron chi connectivity index (χ4n) is 7.63. The Morgan fingerprint density at radius 2 is 1.78 bits per heavy atom. The Bertz CT molecular complexity index is 1760. The molecule has 5 rings (SSSR count). The number of hydrogen-bond donors (Lipinski definition) is 2. The topological polar surface area (TPSA) is 148 Å². The third kappa shape index (κ3) is 7.13. The Morgan fingerprint density at radius 1 is 1.04 bits per heavy atom. The molecule has 2 aromatic carbocycles. The van der Waals surface area contributed by atoms with Gasteiger partial charge in [0.05, 0.1) is 39.0 Å². The highest BCUT2D eigenvalue weighted by atomic mass is 28.4. The highest BCUT2D eigenvalue weighted by Gasteiger charge is 2.66. The second kappa shape index (κ2) is 15.3. The molecule has 1 saturated heterocycles. The van der Waals surface area contributed by atoms with Gasteiger partial charge in [0.15, 0.2) is 19.7 Å². The fourth-order valence-corrected chi connectivity index (χ4v) is 10.2. The molecule has 1 aromatic heterocycles. The summed E-state index contributed by atoms with van der Waals surface area (Å²) in [4.78, 5) is 68.8. The third-order valence-electron chi connectivity index (χ3n) is 9.93. The highest BCUT2D eigenvalue weighted by molar-refractivity contribution is 6.71. The second-order valence-electron chi connectivity index (χ2n) is 13.5. The van der Waals surface area contributed by atoms with Crippen molar-refractivity contribution in [3.63, 3.8) is 0 Å². The van der Waals surface area contributed by atoms with Gasteiger partial charge >= 0.3 is 5.97 Å². The number of pyridine rings is 1. The van der Waals surface area contributed by atoms with E-state index in [-0.39, 0.29) is 61.6 Å². The molecule has 12 nitrogen and oxygen atoms in total. The maximum Gasteiger partial charge on any atom is 0.305 e. The lowest BCUT2D eigenvalue weighted by Crippen LogP contribution is -2.46. The lowest BCUT2D eigenvalue weighted by atomic mass is 9.82.